The van der Waals surface area contributed by atoms with Crippen molar-refractivity contribution in [1.29, 1.82) is 0 Å². The molecule has 0 aromatic heterocycles. The number of nitrogens with one attached hydrogen (secondary N) is 1. The molecule has 0 bridgehead atoms. The Morgan fingerprint density at radius 3 is 3.05 bits per heavy atom. The summed E-state index contributed by atoms with van der Waals surface area (Å²) >= 11 is 0. The molecular formula is C16H23N3O2. The van der Waals surface area contributed by atoms with Gasteiger partial charge in [-0.25, -0.2) is 0 Å². The maximum Gasteiger partial charge on any atom is 0.161 e. The van der Waals surface area contributed by atoms with E-state index in [4.69, 9.17) is 4.74 Å². The molecule has 1 aromatic rings. The first kappa shape index (κ1) is 14.2. The number of fused-ring (bicyclic) bond motifs is 1. The van der Waals surface area contributed by atoms with Crippen LogP contribution in [-0.2, 0) is 0 Å². The van der Waals surface area contributed by atoms with Crippen molar-refractivity contribution in [3.8, 4) is 11.5 Å². The maximum atomic E-state index is 9.84. The van der Waals surface area contributed by atoms with E-state index >= 15 is 0 Å². The molecule has 1 saturated heterocycles. The molecule has 0 aliphatic carbocycles. The SMILES string of the molecule is CCOc1cc(C2NN=C3CCN(CC)CC32)ccc1O. The van der Waals surface area contributed by atoms with Crippen LogP contribution in [0.1, 0.15) is 31.9 Å². The molecule has 114 valence electrons. The molecule has 0 radical (unpaired) electrons. The van der Waals surface area contributed by atoms with Crippen molar-refractivity contribution in [3.63, 3.8) is 0 Å². The number of rotatable bonds is 4. The number of likely N-dealkylation sites (tertiary alicyclic amines) is 1. The van der Waals surface area contributed by atoms with Gasteiger partial charge in [0.15, 0.2) is 11.5 Å². The standard InChI is InChI=1S/C16H23N3O2/c1-3-19-8-7-13-12(10-19)16(18-17-13)11-5-6-14(20)15(9-11)21-4-2/h5-6,9,12,16,18,20H,3-4,7-8,10H2,1-2H3. The van der Waals surface area contributed by atoms with Gasteiger partial charge in [-0.2, -0.15) is 5.10 Å². The van der Waals surface area contributed by atoms with Gasteiger partial charge in [-0.05, 0) is 31.2 Å². The van der Waals surface area contributed by atoms with Crippen LogP contribution in [0.3, 0.4) is 0 Å². The number of hydrazone groups is 1. The number of nitrogens with zero attached hydrogens (tertiary/aromatic N) is 2. The van der Waals surface area contributed by atoms with Gasteiger partial charge in [0.2, 0.25) is 0 Å². The van der Waals surface area contributed by atoms with E-state index in [9.17, 15) is 5.11 Å². The van der Waals surface area contributed by atoms with Gasteiger partial charge in [0, 0.05) is 31.1 Å². The summed E-state index contributed by atoms with van der Waals surface area (Å²) < 4.78 is 5.49. The molecule has 2 N–H and O–H groups in total. The fourth-order valence-electron chi connectivity index (χ4n) is 3.20. The van der Waals surface area contributed by atoms with E-state index in [0.29, 0.717) is 18.3 Å². The second kappa shape index (κ2) is 5.93. The predicted octanol–water partition coefficient (Wildman–Crippen LogP) is 2.13. The van der Waals surface area contributed by atoms with Crippen LogP contribution in [0.5, 0.6) is 11.5 Å². The van der Waals surface area contributed by atoms with Crippen LogP contribution >= 0.6 is 0 Å². The minimum absolute atomic E-state index is 0.175. The lowest BCUT2D eigenvalue weighted by Gasteiger charge is -2.32. The number of hydrogen-bond acceptors (Lipinski definition) is 5. The van der Waals surface area contributed by atoms with Crippen LogP contribution < -0.4 is 10.2 Å². The van der Waals surface area contributed by atoms with E-state index in [1.165, 1.54) is 5.71 Å². The van der Waals surface area contributed by atoms with Gasteiger partial charge in [-0.1, -0.05) is 13.0 Å². The van der Waals surface area contributed by atoms with Crippen molar-refractivity contribution >= 4 is 5.71 Å². The van der Waals surface area contributed by atoms with Crippen molar-refractivity contribution in [3.05, 3.63) is 23.8 Å². The highest BCUT2D eigenvalue weighted by Crippen LogP contribution is 2.36. The van der Waals surface area contributed by atoms with E-state index in [0.717, 1.165) is 31.6 Å². The molecule has 2 unspecified atom stereocenters. The molecule has 3 rings (SSSR count). The van der Waals surface area contributed by atoms with Crippen molar-refractivity contribution in [1.82, 2.24) is 10.3 Å². The number of hydrogen-bond donors (Lipinski definition) is 2. The normalized spacial score (nSPS) is 25.1. The first-order valence-electron chi connectivity index (χ1n) is 7.73. The zero-order chi connectivity index (χ0) is 14.8. The van der Waals surface area contributed by atoms with E-state index in [1.807, 2.05) is 19.1 Å². The Hall–Kier alpha value is -1.75. The first-order valence-corrected chi connectivity index (χ1v) is 7.73. The lowest BCUT2D eigenvalue weighted by atomic mass is 9.86. The molecule has 5 nitrogen and oxygen atoms in total. The van der Waals surface area contributed by atoms with Gasteiger partial charge in [0.05, 0.1) is 12.6 Å². The average molecular weight is 289 g/mol. The Morgan fingerprint density at radius 1 is 1.43 bits per heavy atom. The highest BCUT2D eigenvalue weighted by atomic mass is 16.5. The summed E-state index contributed by atoms with van der Waals surface area (Å²) in [5.41, 5.74) is 5.67. The average Bonchev–Trinajstić information content (AvgIpc) is 2.92. The molecule has 0 spiro atoms. The van der Waals surface area contributed by atoms with Crippen LogP contribution in [0.2, 0.25) is 0 Å². The quantitative estimate of drug-likeness (QED) is 0.891. The van der Waals surface area contributed by atoms with Crippen molar-refractivity contribution in [2.75, 3.05) is 26.2 Å². The van der Waals surface area contributed by atoms with Crippen LogP contribution in [0.15, 0.2) is 23.3 Å². The van der Waals surface area contributed by atoms with Crippen molar-refractivity contribution < 1.29 is 9.84 Å². The number of benzene rings is 1. The number of ether oxygens (including phenoxy) is 1. The van der Waals surface area contributed by atoms with Crippen LogP contribution in [0.25, 0.3) is 0 Å². The van der Waals surface area contributed by atoms with E-state index in [-0.39, 0.29) is 11.8 Å². The molecule has 2 aliphatic rings. The second-order valence-corrected chi connectivity index (χ2v) is 5.62. The number of piperidine rings is 1. The highest BCUT2D eigenvalue weighted by Gasteiger charge is 2.36. The summed E-state index contributed by atoms with van der Waals surface area (Å²) in [6, 6.07) is 5.77. The topological polar surface area (TPSA) is 57.1 Å². The molecule has 0 saturated carbocycles. The molecule has 0 amide bonds. The summed E-state index contributed by atoms with van der Waals surface area (Å²) in [6.07, 6.45) is 1.04. The van der Waals surface area contributed by atoms with Gasteiger partial charge >= 0.3 is 0 Å². The minimum Gasteiger partial charge on any atom is -0.504 e. The van der Waals surface area contributed by atoms with Crippen LogP contribution in [-0.4, -0.2) is 42.0 Å². The van der Waals surface area contributed by atoms with Crippen LogP contribution in [0, 0.1) is 5.92 Å². The number of aromatic hydroxyl groups is 1. The van der Waals surface area contributed by atoms with Gasteiger partial charge in [0.1, 0.15) is 0 Å². The summed E-state index contributed by atoms with van der Waals surface area (Å²) in [5.74, 6) is 1.16. The Kier molecular flexibility index (Phi) is 4.01. The largest absolute Gasteiger partial charge is 0.504 e. The van der Waals surface area contributed by atoms with Gasteiger partial charge in [0.25, 0.3) is 0 Å². The zero-order valence-corrected chi connectivity index (χ0v) is 12.7. The molecule has 2 aliphatic heterocycles. The monoisotopic (exact) mass is 289 g/mol. The van der Waals surface area contributed by atoms with Crippen molar-refractivity contribution in [2.45, 2.75) is 26.3 Å². The molecule has 21 heavy (non-hydrogen) atoms. The fraction of sp³-hybridized carbons (Fsp3) is 0.562. The minimum atomic E-state index is 0.175. The third kappa shape index (κ3) is 2.70. The Bertz CT molecular complexity index is 544. The molecule has 1 aromatic carbocycles. The predicted molar refractivity (Wildman–Crippen MR) is 82.8 cm³/mol. The number of phenols is 1. The summed E-state index contributed by atoms with van der Waals surface area (Å²) in [6.45, 7) is 7.88. The lowest BCUT2D eigenvalue weighted by molar-refractivity contribution is 0.238. The Labute approximate surface area is 125 Å². The summed E-state index contributed by atoms with van der Waals surface area (Å²) in [7, 11) is 0. The Balaban J connectivity index is 1.82. The summed E-state index contributed by atoms with van der Waals surface area (Å²) in [5, 5.41) is 14.4. The third-order valence-electron chi connectivity index (χ3n) is 4.41. The van der Waals surface area contributed by atoms with E-state index in [1.54, 1.807) is 6.07 Å². The van der Waals surface area contributed by atoms with E-state index in [2.05, 4.69) is 22.4 Å². The smallest absolute Gasteiger partial charge is 0.161 e. The molecule has 2 heterocycles. The molecule has 2 atom stereocenters. The number of phenolic OH excluding ortho intramolecular Hbond substituents is 1. The second-order valence-electron chi connectivity index (χ2n) is 5.62. The van der Waals surface area contributed by atoms with Gasteiger partial charge in [-0.15, -0.1) is 0 Å². The van der Waals surface area contributed by atoms with E-state index < -0.39 is 0 Å². The molecular weight excluding hydrogens is 266 g/mol. The fourth-order valence-corrected chi connectivity index (χ4v) is 3.20. The Morgan fingerprint density at radius 2 is 2.29 bits per heavy atom. The lowest BCUT2D eigenvalue weighted by Crippen LogP contribution is -2.41. The van der Waals surface area contributed by atoms with Gasteiger partial charge < -0.3 is 20.2 Å². The molecule has 5 heteroatoms. The summed E-state index contributed by atoms with van der Waals surface area (Å²) in [4.78, 5) is 2.47. The first-order chi connectivity index (χ1) is 10.2. The van der Waals surface area contributed by atoms with Crippen LogP contribution in [0.4, 0.5) is 0 Å². The van der Waals surface area contributed by atoms with Gasteiger partial charge in [-0.3, -0.25) is 0 Å². The third-order valence-corrected chi connectivity index (χ3v) is 4.41. The maximum absolute atomic E-state index is 9.84. The molecule has 1 fully saturated rings. The van der Waals surface area contributed by atoms with Crippen molar-refractivity contribution in [2.24, 2.45) is 11.0 Å². The highest BCUT2D eigenvalue weighted by molar-refractivity contribution is 5.89. The zero-order valence-electron chi connectivity index (χ0n) is 12.7.